The molecule has 0 aromatic carbocycles. The summed E-state index contributed by atoms with van der Waals surface area (Å²) in [4.78, 5) is 7.21. The number of piperazine rings is 1. The second-order valence-corrected chi connectivity index (χ2v) is 5.90. The van der Waals surface area contributed by atoms with E-state index in [1.807, 2.05) is 0 Å². The van der Waals surface area contributed by atoms with Gasteiger partial charge in [0.15, 0.2) is 0 Å². The van der Waals surface area contributed by atoms with Crippen molar-refractivity contribution in [2.45, 2.75) is 25.4 Å². The molecule has 1 aliphatic rings. The summed E-state index contributed by atoms with van der Waals surface area (Å²) in [5.74, 6) is 0. The van der Waals surface area contributed by atoms with Gasteiger partial charge in [0, 0.05) is 44.3 Å². The topological polar surface area (TPSA) is 35.7 Å². The van der Waals surface area contributed by atoms with Crippen LogP contribution in [0.25, 0.3) is 0 Å². The summed E-state index contributed by atoms with van der Waals surface area (Å²) >= 11 is 0. The van der Waals surface area contributed by atoms with Gasteiger partial charge in [0.1, 0.15) is 0 Å². The van der Waals surface area contributed by atoms with Gasteiger partial charge in [-0.25, -0.2) is 0 Å². The molecule has 0 bridgehead atoms. The van der Waals surface area contributed by atoms with Gasteiger partial charge in [0.05, 0.1) is 0 Å². The van der Waals surface area contributed by atoms with Gasteiger partial charge in [-0.15, -0.1) is 0 Å². The molecule has 2 N–H and O–H groups in total. The van der Waals surface area contributed by atoms with Gasteiger partial charge in [-0.3, -0.25) is 4.90 Å². The Balaban J connectivity index is 2.67. The number of likely N-dealkylation sites (N-methyl/N-ethyl adjacent to an activating group) is 2. The molecule has 0 radical (unpaired) electrons. The predicted octanol–water partition coefficient (Wildman–Crippen LogP) is -0.0987. The fourth-order valence-electron chi connectivity index (χ4n) is 2.76. The van der Waals surface area contributed by atoms with Crippen LogP contribution in [0.1, 0.15) is 13.8 Å². The molecule has 1 aliphatic heterocycles. The van der Waals surface area contributed by atoms with E-state index in [0.717, 1.165) is 32.7 Å². The summed E-state index contributed by atoms with van der Waals surface area (Å²) in [5, 5.41) is 0. The maximum Gasteiger partial charge on any atom is 0.0351 e. The van der Waals surface area contributed by atoms with E-state index in [9.17, 15) is 0 Å². The molecule has 1 unspecified atom stereocenters. The molecule has 1 heterocycles. The van der Waals surface area contributed by atoms with Crippen LogP contribution in [-0.4, -0.2) is 80.1 Å². The highest BCUT2D eigenvalue weighted by Gasteiger charge is 2.37. The van der Waals surface area contributed by atoms with Crippen molar-refractivity contribution in [3.63, 3.8) is 0 Å². The molecule has 96 valence electrons. The van der Waals surface area contributed by atoms with Crippen LogP contribution in [0.3, 0.4) is 0 Å². The minimum absolute atomic E-state index is 0.229. The second-order valence-electron chi connectivity index (χ2n) is 5.90. The predicted molar refractivity (Wildman–Crippen MR) is 69.7 cm³/mol. The van der Waals surface area contributed by atoms with Crippen molar-refractivity contribution in [2.75, 3.05) is 53.9 Å². The number of nitrogens with two attached hydrogens (primary N) is 1. The highest BCUT2D eigenvalue weighted by atomic mass is 15.3. The summed E-state index contributed by atoms with van der Waals surface area (Å²) in [6.07, 6.45) is 0. The first-order valence-electron chi connectivity index (χ1n) is 6.17. The van der Waals surface area contributed by atoms with E-state index in [1.54, 1.807) is 0 Å². The molecule has 0 aliphatic carbocycles. The maximum absolute atomic E-state index is 5.90. The second kappa shape index (κ2) is 5.45. The molecule has 4 heteroatoms. The van der Waals surface area contributed by atoms with E-state index >= 15 is 0 Å². The van der Waals surface area contributed by atoms with Crippen LogP contribution in [0, 0.1) is 0 Å². The van der Waals surface area contributed by atoms with E-state index in [2.05, 4.69) is 49.7 Å². The molecule has 0 amide bonds. The molecule has 4 nitrogen and oxygen atoms in total. The third kappa shape index (κ3) is 3.42. The van der Waals surface area contributed by atoms with Crippen molar-refractivity contribution in [3.05, 3.63) is 0 Å². The summed E-state index contributed by atoms with van der Waals surface area (Å²) in [6, 6.07) is 0.494. The monoisotopic (exact) mass is 228 g/mol. The molecule has 16 heavy (non-hydrogen) atoms. The Hall–Kier alpha value is -0.160. The molecule has 1 atom stereocenters. The zero-order valence-corrected chi connectivity index (χ0v) is 11.5. The number of hydrogen-bond acceptors (Lipinski definition) is 4. The normalized spacial score (nSPS) is 27.6. The van der Waals surface area contributed by atoms with Gasteiger partial charge in [-0.05, 0) is 35.0 Å². The van der Waals surface area contributed by atoms with E-state index in [-0.39, 0.29) is 5.54 Å². The first-order valence-corrected chi connectivity index (χ1v) is 6.17. The van der Waals surface area contributed by atoms with Crippen LogP contribution in [0.4, 0.5) is 0 Å². The minimum atomic E-state index is 0.229. The lowest BCUT2D eigenvalue weighted by Crippen LogP contribution is -2.65. The SMILES string of the molecule is CN(C)CCN1C(CN)CN(C)CC1(C)C. The fraction of sp³-hybridized carbons (Fsp3) is 1.00. The Morgan fingerprint density at radius 2 is 2.00 bits per heavy atom. The Kier molecular flexibility index (Phi) is 4.73. The third-order valence-electron chi connectivity index (χ3n) is 3.46. The smallest absolute Gasteiger partial charge is 0.0351 e. The van der Waals surface area contributed by atoms with E-state index in [1.165, 1.54) is 0 Å². The summed E-state index contributed by atoms with van der Waals surface area (Å²) in [5.41, 5.74) is 6.13. The molecular weight excluding hydrogens is 200 g/mol. The van der Waals surface area contributed by atoms with E-state index in [4.69, 9.17) is 5.73 Å². The zero-order chi connectivity index (χ0) is 12.3. The Bertz CT molecular complexity index is 215. The number of rotatable bonds is 4. The van der Waals surface area contributed by atoms with E-state index in [0.29, 0.717) is 6.04 Å². The molecule has 0 saturated carbocycles. The fourth-order valence-corrected chi connectivity index (χ4v) is 2.76. The van der Waals surface area contributed by atoms with Gasteiger partial charge in [0.2, 0.25) is 0 Å². The van der Waals surface area contributed by atoms with Crippen molar-refractivity contribution >= 4 is 0 Å². The number of hydrogen-bond donors (Lipinski definition) is 1. The molecule has 1 rings (SSSR count). The average Bonchev–Trinajstić information content (AvgIpc) is 2.13. The van der Waals surface area contributed by atoms with Crippen molar-refractivity contribution < 1.29 is 0 Å². The van der Waals surface area contributed by atoms with Crippen LogP contribution in [-0.2, 0) is 0 Å². The van der Waals surface area contributed by atoms with Crippen molar-refractivity contribution in [2.24, 2.45) is 5.73 Å². The Morgan fingerprint density at radius 1 is 1.38 bits per heavy atom. The zero-order valence-electron chi connectivity index (χ0n) is 11.5. The van der Waals surface area contributed by atoms with Crippen molar-refractivity contribution in [3.8, 4) is 0 Å². The van der Waals surface area contributed by atoms with Crippen LogP contribution < -0.4 is 5.73 Å². The van der Waals surface area contributed by atoms with Gasteiger partial charge in [-0.1, -0.05) is 0 Å². The highest BCUT2D eigenvalue weighted by Crippen LogP contribution is 2.23. The number of nitrogens with zero attached hydrogens (tertiary/aromatic N) is 3. The minimum Gasteiger partial charge on any atom is -0.329 e. The maximum atomic E-state index is 5.90. The molecule has 0 spiro atoms. The molecule has 0 aromatic heterocycles. The van der Waals surface area contributed by atoms with E-state index < -0.39 is 0 Å². The Morgan fingerprint density at radius 3 is 2.50 bits per heavy atom. The summed E-state index contributed by atoms with van der Waals surface area (Å²) in [6.45, 7) is 9.81. The first kappa shape index (κ1) is 13.9. The van der Waals surface area contributed by atoms with Gasteiger partial charge in [0.25, 0.3) is 0 Å². The van der Waals surface area contributed by atoms with Gasteiger partial charge in [-0.2, -0.15) is 0 Å². The van der Waals surface area contributed by atoms with Crippen LogP contribution in [0.2, 0.25) is 0 Å². The standard InChI is InChI=1S/C12H28N4/c1-12(2)10-15(5)9-11(8-13)16(12)7-6-14(3)4/h11H,6-10,13H2,1-5H3. The Labute approximate surface area is 100 Å². The van der Waals surface area contributed by atoms with Crippen molar-refractivity contribution in [1.82, 2.24) is 14.7 Å². The summed E-state index contributed by atoms with van der Waals surface area (Å²) < 4.78 is 0. The highest BCUT2D eigenvalue weighted by molar-refractivity contribution is 4.95. The largest absolute Gasteiger partial charge is 0.329 e. The van der Waals surface area contributed by atoms with Crippen LogP contribution >= 0.6 is 0 Å². The molecule has 0 aromatic rings. The lowest BCUT2D eigenvalue weighted by molar-refractivity contribution is -0.0152. The quantitative estimate of drug-likeness (QED) is 0.729. The molecule has 1 saturated heterocycles. The molecular formula is C12H28N4. The van der Waals surface area contributed by atoms with Crippen molar-refractivity contribution in [1.29, 1.82) is 0 Å². The summed E-state index contributed by atoms with van der Waals surface area (Å²) in [7, 11) is 6.44. The molecule has 1 fully saturated rings. The third-order valence-corrected chi connectivity index (χ3v) is 3.46. The lowest BCUT2D eigenvalue weighted by Gasteiger charge is -2.51. The first-order chi connectivity index (χ1) is 7.36. The van der Waals surface area contributed by atoms with Crippen LogP contribution in [0.5, 0.6) is 0 Å². The van der Waals surface area contributed by atoms with Gasteiger partial charge >= 0.3 is 0 Å². The average molecular weight is 228 g/mol. The lowest BCUT2D eigenvalue weighted by atomic mass is 9.95. The van der Waals surface area contributed by atoms with Gasteiger partial charge < -0.3 is 15.5 Å². The van der Waals surface area contributed by atoms with Crippen LogP contribution in [0.15, 0.2) is 0 Å².